The minimum Gasteiger partial charge on any atom is -0.314 e. The predicted molar refractivity (Wildman–Crippen MR) is 78.9 cm³/mol. The van der Waals surface area contributed by atoms with Crippen LogP contribution in [0.2, 0.25) is 0 Å². The summed E-state index contributed by atoms with van der Waals surface area (Å²) in [6.07, 6.45) is 8.78. The second-order valence-corrected chi connectivity index (χ2v) is 6.85. The molecule has 0 aromatic heterocycles. The number of nitrogens with zero attached hydrogens (tertiary/aromatic N) is 1. The summed E-state index contributed by atoms with van der Waals surface area (Å²) in [6.45, 7) is 10.9. The Balaban J connectivity index is 1.73. The fourth-order valence-electron chi connectivity index (χ4n) is 3.72. The molecule has 1 saturated carbocycles. The molecule has 1 heterocycles. The normalized spacial score (nSPS) is 29.0. The fraction of sp³-hybridized carbons (Fsp3) is 1.00. The zero-order valence-electron chi connectivity index (χ0n) is 12.6. The van der Waals surface area contributed by atoms with E-state index in [-0.39, 0.29) is 0 Å². The summed E-state index contributed by atoms with van der Waals surface area (Å²) >= 11 is 0. The summed E-state index contributed by atoms with van der Waals surface area (Å²) in [5, 5.41) is 3.60. The predicted octanol–water partition coefficient (Wildman–Crippen LogP) is 3.28. The van der Waals surface area contributed by atoms with Crippen molar-refractivity contribution >= 4 is 0 Å². The van der Waals surface area contributed by atoms with Gasteiger partial charge >= 0.3 is 0 Å². The Bertz CT molecular complexity index is 233. The average molecular weight is 252 g/mol. The molecule has 0 spiro atoms. The molecule has 106 valence electrons. The van der Waals surface area contributed by atoms with Crippen molar-refractivity contribution in [2.75, 3.05) is 19.6 Å². The summed E-state index contributed by atoms with van der Waals surface area (Å²) in [5.41, 5.74) is 0. The molecule has 1 aliphatic heterocycles. The highest BCUT2D eigenvalue weighted by Crippen LogP contribution is 2.31. The maximum absolute atomic E-state index is 3.60. The van der Waals surface area contributed by atoms with Gasteiger partial charge < -0.3 is 10.2 Å². The molecule has 2 rings (SSSR count). The Morgan fingerprint density at radius 2 is 1.78 bits per heavy atom. The minimum absolute atomic E-state index is 0.634. The average Bonchev–Trinajstić information content (AvgIpc) is 2.85. The van der Waals surface area contributed by atoms with E-state index in [1.165, 1.54) is 58.2 Å². The van der Waals surface area contributed by atoms with Crippen LogP contribution in [0.15, 0.2) is 0 Å². The van der Waals surface area contributed by atoms with Crippen LogP contribution >= 0.6 is 0 Å². The smallest absolute Gasteiger partial charge is 0.00953 e. The van der Waals surface area contributed by atoms with Crippen LogP contribution in [0.25, 0.3) is 0 Å². The molecular weight excluding hydrogens is 220 g/mol. The van der Waals surface area contributed by atoms with E-state index < -0.39 is 0 Å². The van der Waals surface area contributed by atoms with E-state index in [9.17, 15) is 0 Å². The Kier molecular flexibility index (Phi) is 5.50. The van der Waals surface area contributed by atoms with Crippen LogP contribution in [0.1, 0.15) is 59.3 Å². The third-order valence-corrected chi connectivity index (χ3v) is 5.04. The summed E-state index contributed by atoms with van der Waals surface area (Å²) in [6, 6.07) is 1.46. The fourth-order valence-corrected chi connectivity index (χ4v) is 3.72. The first-order chi connectivity index (χ1) is 8.66. The summed E-state index contributed by atoms with van der Waals surface area (Å²) in [7, 11) is 0. The second kappa shape index (κ2) is 6.91. The largest absolute Gasteiger partial charge is 0.314 e. The Morgan fingerprint density at radius 1 is 1.06 bits per heavy atom. The SMILES string of the molecule is CC(C)NCC1CCN(C(C)C2CCCCC2)C1. The first kappa shape index (κ1) is 14.3. The third-order valence-electron chi connectivity index (χ3n) is 5.04. The van der Waals surface area contributed by atoms with Gasteiger partial charge in [-0.05, 0) is 51.1 Å². The Labute approximate surface area is 114 Å². The zero-order chi connectivity index (χ0) is 13.0. The lowest BCUT2D eigenvalue weighted by atomic mass is 9.84. The monoisotopic (exact) mass is 252 g/mol. The van der Waals surface area contributed by atoms with Gasteiger partial charge in [0.2, 0.25) is 0 Å². The van der Waals surface area contributed by atoms with Gasteiger partial charge in [-0.15, -0.1) is 0 Å². The van der Waals surface area contributed by atoms with Crippen molar-refractivity contribution in [2.24, 2.45) is 11.8 Å². The van der Waals surface area contributed by atoms with Gasteiger partial charge in [0.25, 0.3) is 0 Å². The van der Waals surface area contributed by atoms with Gasteiger partial charge in [-0.1, -0.05) is 33.1 Å². The van der Waals surface area contributed by atoms with Crippen molar-refractivity contribution in [3.63, 3.8) is 0 Å². The minimum atomic E-state index is 0.634. The van der Waals surface area contributed by atoms with Gasteiger partial charge in [-0.25, -0.2) is 0 Å². The highest BCUT2D eigenvalue weighted by molar-refractivity contribution is 4.85. The van der Waals surface area contributed by atoms with Crippen LogP contribution in [0.5, 0.6) is 0 Å². The Hall–Kier alpha value is -0.0800. The lowest BCUT2D eigenvalue weighted by Crippen LogP contribution is -2.38. The number of nitrogens with one attached hydrogen (secondary N) is 1. The van der Waals surface area contributed by atoms with Crippen molar-refractivity contribution < 1.29 is 0 Å². The van der Waals surface area contributed by atoms with E-state index >= 15 is 0 Å². The molecule has 2 aliphatic rings. The van der Waals surface area contributed by atoms with Crippen molar-refractivity contribution in [1.82, 2.24) is 10.2 Å². The molecule has 2 unspecified atom stereocenters. The van der Waals surface area contributed by atoms with Crippen LogP contribution in [-0.4, -0.2) is 36.6 Å². The molecule has 1 saturated heterocycles. The maximum atomic E-state index is 3.60. The second-order valence-electron chi connectivity index (χ2n) is 6.85. The van der Waals surface area contributed by atoms with Gasteiger partial charge in [0.15, 0.2) is 0 Å². The highest BCUT2D eigenvalue weighted by Gasteiger charge is 2.30. The molecule has 2 heteroatoms. The first-order valence-electron chi connectivity index (χ1n) is 8.14. The summed E-state index contributed by atoms with van der Waals surface area (Å²) < 4.78 is 0. The topological polar surface area (TPSA) is 15.3 Å². The van der Waals surface area contributed by atoms with E-state index in [1.54, 1.807) is 0 Å². The molecule has 0 aromatic carbocycles. The molecule has 0 bridgehead atoms. The Morgan fingerprint density at radius 3 is 2.44 bits per heavy atom. The van der Waals surface area contributed by atoms with Gasteiger partial charge in [-0.2, -0.15) is 0 Å². The molecular formula is C16H32N2. The molecule has 2 nitrogen and oxygen atoms in total. The molecule has 2 atom stereocenters. The van der Waals surface area contributed by atoms with E-state index in [0.29, 0.717) is 6.04 Å². The number of hydrogen-bond acceptors (Lipinski definition) is 2. The van der Waals surface area contributed by atoms with Gasteiger partial charge in [-0.3, -0.25) is 0 Å². The van der Waals surface area contributed by atoms with Crippen LogP contribution in [0.3, 0.4) is 0 Å². The molecule has 2 fully saturated rings. The van der Waals surface area contributed by atoms with E-state index in [1.807, 2.05) is 0 Å². The van der Waals surface area contributed by atoms with E-state index in [2.05, 4.69) is 31.0 Å². The lowest BCUT2D eigenvalue weighted by molar-refractivity contribution is 0.152. The first-order valence-corrected chi connectivity index (χ1v) is 8.14. The molecule has 0 radical (unpaired) electrons. The van der Waals surface area contributed by atoms with Gasteiger partial charge in [0, 0.05) is 18.6 Å². The van der Waals surface area contributed by atoms with Crippen molar-refractivity contribution in [3.05, 3.63) is 0 Å². The number of hydrogen-bond donors (Lipinski definition) is 1. The molecule has 1 aliphatic carbocycles. The molecule has 0 amide bonds. The van der Waals surface area contributed by atoms with Crippen LogP contribution in [0.4, 0.5) is 0 Å². The van der Waals surface area contributed by atoms with E-state index in [4.69, 9.17) is 0 Å². The molecule has 1 N–H and O–H groups in total. The maximum Gasteiger partial charge on any atom is 0.00953 e. The molecule has 18 heavy (non-hydrogen) atoms. The summed E-state index contributed by atoms with van der Waals surface area (Å²) in [4.78, 5) is 2.77. The van der Waals surface area contributed by atoms with Crippen LogP contribution in [-0.2, 0) is 0 Å². The lowest BCUT2D eigenvalue weighted by Gasteiger charge is -2.34. The van der Waals surface area contributed by atoms with Crippen molar-refractivity contribution in [3.8, 4) is 0 Å². The zero-order valence-corrected chi connectivity index (χ0v) is 12.6. The number of rotatable bonds is 5. The van der Waals surface area contributed by atoms with Crippen molar-refractivity contribution in [1.29, 1.82) is 0 Å². The van der Waals surface area contributed by atoms with Crippen molar-refractivity contribution in [2.45, 2.75) is 71.4 Å². The summed E-state index contributed by atoms with van der Waals surface area (Å²) in [5.74, 6) is 1.87. The number of likely N-dealkylation sites (tertiary alicyclic amines) is 1. The van der Waals surface area contributed by atoms with Gasteiger partial charge in [0.1, 0.15) is 0 Å². The van der Waals surface area contributed by atoms with Gasteiger partial charge in [0.05, 0.1) is 0 Å². The van der Waals surface area contributed by atoms with E-state index in [0.717, 1.165) is 17.9 Å². The third kappa shape index (κ3) is 3.96. The van der Waals surface area contributed by atoms with Crippen LogP contribution < -0.4 is 5.32 Å². The highest BCUT2D eigenvalue weighted by atomic mass is 15.2. The standard InChI is InChI=1S/C16H32N2/c1-13(2)17-11-15-9-10-18(12-15)14(3)16-7-5-4-6-8-16/h13-17H,4-12H2,1-3H3. The van der Waals surface area contributed by atoms with Crippen LogP contribution in [0, 0.1) is 11.8 Å². The quantitative estimate of drug-likeness (QED) is 0.808. The molecule has 0 aromatic rings.